The van der Waals surface area contributed by atoms with Gasteiger partial charge in [-0.1, -0.05) is 17.7 Å². The van der Waals surface area contributed by atoms with Crippen LogP contribution in [0.5, 0.6) is 0 Å². The van der Waals surface area contributed by atoms with E-state index in [0.717, 1.165) is 6.07 Å². The number of nitro benzene ring substituents is 1. The number of carbonyl (C=O) groups is 2. The van der Waals surface area contributed by atoms with Gasteiger partial charge in [-0.05, 0) is 19.1 Å². The Morgan fingerprint density at radius 1 is 1.27 bits per heavy atom. The molecule has 2 amide bonds. The van der Waals surface area contributed by atoms with Gasteiger partial charge in [-0.2, -0.15) is 13.2 Å². The normalized spacial score (nSPS) is 12.2. The molecule has 0 aliphatic rings. The predicted octanol–water partition coefficient (Wildman–Crippen LogP) is 3.31. The number of likely N-dealkylation sites (N-methyl/N-ethyl adjacent to an activating group) is 1. The maximum atomic E-state index is 12.8. The number of aromatic nitrogens is 1. The van der Waals surface area contributed by atoms with Crippen molar-refractivity contribution in [2.75, 3.05) is 13.1 Å². The molecule has 0 fully saturated rings. The van der Waals surface area contributed by atoms with E-state index >= 15 is 0 Å². The lowest BCUT2D eigenvalue weighted by Gasteiger charge is -2.18. The van der Waals surface area contributed by atoms with Crippen LogP contribution in [0.4, 0.5) is 18.9 Å². The molecule has 0 bridgehead atoms. The van der Waals surface area contributed by atoms with Crippen molar-refractivity contribution in [3.05, 3.63) is 68.5 Å². The molecule has 0 spiro atoms. The fourth-order valence-corrected chi connectivity index (χ4v) is 2.83. The second kappa shape index (κ2) is 9.53. The van der Waals surface area contributed by atoms with Crippen molar-refractivity contribution in [3.8, 4) is 0 Å². The van der Waals surface area contributed by atoms with Crippen LogP contribution in [-0.2, 0) is 11.0 Å². The lowest BCUT2D eigenvalue weighted by molar-refractivity contribution is -0.384. The first-order valence-electron chi connectivity index (χ1n) is 8.57. The maximum absolute atomic E-state index is 12.8. The molecule has 2 N–H and O–H groups in total. The molecule has 2 aromatic rings. The monoisotopic (exact) mass is 444 g/mol. The number of benzene rings is 1. The van der Waals surface area contributed by atoms with E-state index in [2.05, 4.69) is 15.6 Å². The van der Waals surface area contributed by atoms with E-state index in [4.69, 9.17) is 11.6 Å². The van der Waals surface area contributed by atoms with Crippen molar-refractivity contribution < 1.29 is 27.7 Å². The minimum atomic E-state index is -4.66. The fourth-order valence-electron chi connectivity index (χ4n) is 2.53. The average molecular weight is 445 g/mol. The van der Waals surface area contributed by atoms with Gasteiger partial charge in [0.05, 0.1) is 27.1 Å². The molecule has 0 aliphatic carbocycles. The number of rotatable bonds is 7. The van der Waals surface area contributed by atoms with Crippen LogP contribution < -0.4 is 10.6 Å². The highest BCUT2D eigenvalue weighted by molar-refractivity contribution is 6.31. The number of carbonyl (C=O) groups excluding carboxylic acids is 2. The second-order valence-corrected chi connectivity index (χ2v) is 6.46. The average Bonchev–Trinajstić information content (AvgIpc) is 2.68. The van der Waals surface area contributed by atoms with Crippen molar-refractivity contribution in [2.45, 2.75) is 19.0 Å². The minimum Gasteiger partial charge on any atom is -0.356 e. The summed E-state index contributed by atoms with van der Waals surface area (Å²) in [6.45, 7) is 1.52. The van der Waals surface area contributed by atoms with Gasteiger partial charge in [-0.3, -0.25) is 24.7 Å². The van der Waals surface area contributed by atoms with Crippen LogP contribution in [-0.4, -0.2) is 34.8 Å². The summed E-state index contributed by atoms with van der Waals surface area (Å²) in [5, 5.41) is 15.4. The first-order valence-corrected chi connectivity index (χ1v) is 8.95. The third-order valence-electron chi connectivity index (χ3n) is 3.98. The fraction of sp³-hybridized carbons (Fsp3) is 0.278. The van der Waals surface area contributed by atoms with E-state index in [1.165, 1.54) is 18.2 Å². The summed E-state index contributed by atoms with van der Waals surface area (Å²) in [6.07, 6.45) is -4.11. The molecule has 0 saturated carbocycles. The molecule has 8 nitrogen and oxygen atoms in total. The van der Waals surface area contributed by atoms with Crippen molar-refractivity contribution in [2.24, 2.45) is 0 Å². The number of nitrogens with one attached hydrogen (secondary N) is 2. The van der Waals surface area contributed by atoms with Gasteiger partial charge in [0.1, 0.15) is 0 Å². The minimum absolute atomic E-state index is 0.0228. The number of non-ortho nitro benzene ring substituents is 1. The Kier molecular flexibility index (Phi) is 7.33. The number of pyridine rings is 1. The summed E-state index contributed by atoms with van der Waals surface area (Å²) >= 11 is 5.93. The Bertz CT molecular complexity index is 969. The molecule has 12 heteroatoms. The summed E-state index contributed by atoms with van der Waals surface area (Å²) in [7, 11) is 0. The predicted molar refractivity (Wildman–Crippen MR) is 101 cm³/mol. The molecule has 0 radical (unpaired) electrons. The van der Waals surface area contributed by atoms with Gasteiger partial charge in [-0.15, -0.1) is 0 Å². The van der Waals surface area contributed by atoms with Crippen molar-refractivity contribution >= 4 is 29.1 Å². The van der Waals surface area contributed by atoms with Crippen LogP contribution in [0.3, 0.4) is 0 Å². The van der Waals surface area contributed by atoms with Crippen molar-refractivity contribution in [1.29, 1.82) is 0 Å². The largest absolute Gasteiger partial charge is 0.417 e. The van der Waals surface area contributed by atoms with Crippen molar-refractivity contribution in [1.82, 2.24) is 15.6 Å². The Morgan fingerprint density at radius 3 is 2.53 bits per heavy atom. The first kappa shape index (κ1) is 23.1. The molecule has 1 atom stereocenters. The van der Waals surface area contributed by atoms with Crippen LogP contribution in [0.25, 0.3) is 0 Å². The molecular formula is C18H16ClF3N4O4. The Morgan fingerprint density at radius 2 is 1.97 bits per heavy atom. The number of amides is 2. The zero-order chi connectivity index (χ0) is 22.5. The topological polar surface area (TPSA) is 114 Å². The summed E-state index contributed by atoms with van der Waals surface area (Å²) in [6, 6.07) is 5.58. The van der Waals surface area contributed by atoms with Gasteiger partial charge >= 0.3 is 6.18 Å². The van der Waals surface area contributed by atoms with Crippen LogP contribution >= 0.6 is 11.6 Å². The highest BCUT2D eigenvalue weighted by Gasteiger charge is 2.33. The van der Waals surface area contributed by atoms with E-state index in [1.807, 2.05) is 0 Å². The molecule has 1 unspecified atom stereocenters. The van der Waals surface area contributed by atoms with Gasteiger partial charge in [0.25, 0.3) is 11.6 Å². The summed E-state index contributed by atoms with van der Waals surface area (Å²) < 4.78 is 38.5. The number of nitrogens with zero attached hydrogens (tertiary/aromatic N) is 2. The maximum Gasteiger partial charge on any atom is 0.417 e. The molecule has 1 aromatic heterocycles. The Hall–Kier alpha value is -3.21. The Balaban J connectivity index is 2.26. The second-order valence-electron chi connectivity index (χ2n) is 6.05. The van der Waals surface area contributed by atoms with Crippen LogP contribution in [0, 0.1) is 10.1 Å². The molecule has 2 rings (SSSR count). The number of hydrogen-bond acceptors (Lipinski definition) is 5. The smallest absolute Gasteiger partial charge is 0.356 e. The van der Waals surface area contributed by atoms with Gasteiger partial charge in [0.2, 0.25) is 5.91 Å². The van der Waals surface area contributed by atoms with Crippen LogP contribution in [0.2, 0.25) is 5.02 Å². The standard InChI is InChI=1S/C18H16ClF3N4O4/c1-2-23-17(28)13(15-14(19)7-11(8-24-15)18(20,21)22)9-25-16(27)10-4-3-5-12(6-10)26(29)30/h3-8,13H,2,9H2,1H3,(H,23,28)(H,25,27). The zero-order valence-electron chi connectivity index (χ0n) is 15.5. The lowest BCUT2D eigenvalue weighted by atomic mass is 10.0. The summed E-state index contributed by atoms with van der Waals surface area (Å²) in [4.78, 5) is 38.6. The van der Waals surface area contributed by atoms with Crippen molar-refractivity contribution in [3.63, 3.8) is 0 Å². The van der Waals surface area contributed by atoms with Crippen LogP contribution in [0.1, 0.15) is 34.5 Å². The molecule has 1 aromatic carbocycles. The molecular weight excluding hydrogens is 429 g/mol. The summed E-state index contributed by atoms with van der Waals surface area (Å²) in [5.41, 5.74) is -1.54. The van der Waals surface area contributed by atoms with E-state index in [9.17, 15) is 32.9 Å². The third-order valence-corrected chi connectivity index (χ3v) is 4.28. The molecule has 1 heterocycles. The van der Waals surface area contributed by atoms with Gasteiger partial charge < -0.3 is 10.6 Å². The number of nitro groups is 1. The first-order chi connectivity index (χ1) is 14.0. The molecule has 0 saturated heterocycles. The number of halogens is 4. The Labute approximate surface area is 173 Å². The number of hydrogen-bond donors (Lipinski definition) is 2. The number of alkyl halides is 3. The van der Waals surface area contributed by atoms with Gasteiger partial charge in [0, 0.05) is 37.0 Å². The zero-order valence-corrected chi connectivity index (χ0v) is 16.3. The quantitative estimate of drug-likeness (QED) is 0.502. The third kappa shape index (κ3) is 5.66. The van der Waals surface area contributed by atoms with E-state index in [-0.39, 0.29) is 35.1 Å². The van der Waals surface area contributed by atoms with E-state index < -0.39 is 34.4 Å². The molecule has 0 aliphatic heterocycles. The van der Waals surface area contributed by atoms with E-state index in [1.54, 1.807) is 6.92 Å². The van der Waals surface area contributed by atoms with Crippen LogP contribution in [0.15, 0.2) is 36.5 Å². The highest BCUT2D eigenvalue weighted by atomic mass is 35.5. The van der Waals surface area contributed by atoms with E-state index in [0.29, 0.717) is 12.3 Å². The molecule has 30 heavy (non-hydrogen) atoms. The highest BCUT2D eigenvalue weighted by Crippen LogP contribution is 2.32. The van der Waals surface area contributed by atoms with Gasteiger partial charge in [0.15, 0.2) is 0 Å². The lowest BCUT2D eigenvalue weighted by Crippen LogP contribution is -2.38. The SMILES string of the molecule is CCNC(=O)C(CNC(=O)c1cccc([N+](=O)[O-])c1)c1ncc(C(F)(F)F)cc1Cl. The summed E-state index contributed by atoms with van der Waals surface area (Å²) in [5.74, 6) is -2.50. The molecule has 160 valence electrons. The van der Waals surface area contributed by atoms with Gasteiger partial charge in [-0.25, -0.2) is 0 Å².